The first-order valence-corrected chi connectivity index (χ1v) is 5.18. The third-order valence-electron chi connectivity index (χ3n) is 2.18. The monoisotopic (exact) mass is 224 g/mol. The second-order valence-electron chi connectivity index (χ2n) is 3.40. The van der Waals surface area contributed by atoms with E-state index in [4.69, 9.17) is 5.73 Å². The number of amides is 1. The highest BCUT2D eigenvalue weighted by atomic mass is 16.3. The first-order chi connectivity index (χ1) is 7.65. The summed E-state index contributed by atoms with van der Waals surface area (Å²) in [5, 5.41) is 11.9. The number of carbonyl (C=O) groups excluding carboxylic acids is 1. The number of hydrogen-bond donors (Lipinski definition) is 3. The molecule has 4 N–H and O–H groups in total. The lowest BCUT2D eigenvalue weighted by Gasteiger charge is -2.08. The average molecular weight is 224 g/mol. The number of nitrogens with one attached hydrogen (secondary N) is 1. The maximum Gasteiger partial charge on any atom is 0.273 e. The molecule has 0 aliphatic carbocycles. The fourth-order valence-electron chi connectivity index (χ4n) is 1.16. The van der Waals surface area contributed by atoms with Crippen LogP contribution in [0.3, 0.4) is 0 Å². The minimum Gasteiger partial charge on any atom is -0.393 e. The van der Waals surface area contributed by atoms with Gasteiger partial charge in [-0.3, -0.25) is 4.79 Å². The van der Waals surface area contributed by atoms with Gasteiger partial charge >= 0.3 is 0 Å². The molecule has 1 aromatic heterocycles. The Bertz CT molecular complexity index is 356. The van der Waals surface area contributed by atoms with Gasteiger partial charge < -0.3 is 16.2 Å². The number of hydrogen-bond acceptors (Lipinski definition) is 5. The fraction of sp³-hybridized carbons (Fsp3) is 0.500. The van der Waals surface area contributed by atoms with Crippen LogP contribution < -0.4 is 11.1 Å². The van der Waals surface area contributed by atoms with Crippen LogP contribution in [-0.4, -0.2) is 33.6 Å². The number of aromatic nitrogens is 2. The second kappa shape index (κ2) is 6.02. The molecule has 1 rings (SSSR count). The van der Waals surface area contributed by atoms with Crippen molar-refractivity contribution in [1.82, 2.24) is 15.3 Å². The third kappa shape index (κ3) is 3.47. The Kier molecular flexibility index (Phi) is 4.65. The minimum absolute atomic E-state index is 0.107. The molecule has 0 saturated carbocycles. The van der Waals surface area contributed by atoms with E-state index in [0.717, 1.165) is 0 Å². The average Bonchev–Trinajstić information content (AvgIpc) is 2.29. The molecule has 0 spiro atoms. The van der Waals surface area contributed by atoms with Crippen molar-refractivity contribution in [3.05, 3.63) is 18.1 Å². The summed E-state index contributed by atoms with van der Waals surface area (Å²) < 4.78 is 0. The van der Waals surface area contributed by atoms with Gasteiger partial charge in [0.1, 0.15) is 0 Å². The van der Waals surface area contributed by atoms with Crippen molar-refractivity contribution in [1.29, 1.82) is 0 Å². The van der Waals surface area contributed by atoms with Crippen molar-refractivity contribution < 1.29 is 9.90 Å². The zero-order chi connectivity index (χ0) is 12.0. The van der Waals surface area contributed by atoms with Crippen molar-refractivity contribution in [2.45, 2.75) is 25.9 Å². The molecule has 0 radical (unpaired) electrons. The number of anilines is 1. The molecule has 0 aliphatic rings. The lowest BCUT2D eigenvalue weighted by Crippen LogP contribution is -2.28. The van der Waals surface area contributed by atoms with Crippen molar-refractivity contribution >= 4 is 11.7 Å². The Morgan fingerprint density at radius 3 is 2.88 bits per heavy atom. The van der Waals surface area contributed by atoms with Gasteiger partial charge in [0, 0.05) is 18.9 Å². The number of aliphatic hydroxyl groups excluding tert-OH is 1. The maximum atomic E-state index is 11.6. The molecule has 1 heterocycles. The predicted octanol–water partition coefficient (Wildman–Crippen LogP) is -0.0504. The highest BCUT2D eigenvalue weighted by Crippen LogP contribution is 2.02. The topological polar surface area (TPSA) is 101 Å². The Labute approximate surface area is 93.9 Å². The van der Waals surface area contributed by atoms with E-state index < -0.39 is 0 Å². The molecule has 16 heavy (non-hydrogen) atoms. The summed E-state index contributed by atoms with van der Waals surface area (Å²) in [5.41, 5.74) is 5.61. The predicted molar refractivity (Wildman–Crippen MR) is 59.7 cm³/mol. The summed E-state index contributed by atoms with van der Waals surface area (Å²) in [5.74, 6) is -0.259. The fourth-order valence-corrected chi connectivity index (χ4v) is 1.16. The molecule has 6 heteroatoms. The Balaban J connectivity index is 2.44. The van der Waals surface area contributed by atoms with Gasteiger partial charge in [0.25, 0.3) is 5.91 Å². The van der Waals surface area contributed by atoms with Gasteiger partial charge in [-0.1, -0.05) is 6.92 Å². The summed E-state index contributed by atoms with van der Waals surface area (Å²) in [6.07, 6.45) is 3.63. The van der Waals surface area contributed by atoms with Crippen LogP contribution in [0.5, 0.6) is 0 Å². The summed E-state index contributed by atoms with van der Waals surface area (Å²) in [6, 6.07) is 0. The van der Waals surface area contributed by atoms with Crippen molar-refractivity contribution in [3.8, 4) is 0 Å². The molecule has 1 aromatic rings. The Hall–Kier alpha value is -1.69. The quantitative estimate of drug-likeness (QED) is 0.651. The van der Waals surface area contributed by atoms with E-state index in [1.165, 1.54) is 12.4 Å². The van der Waals surface area contributed by atoms with Crippen LogP contribution >= 0.6 is 0 Å². The van der Waals surface area contributed by atoms with E-state index in [9.17, 15) is 9.90 Å². The van der Waals surface area contributed by atoms with Crippen molar-refractivity contribution in [2.24, 2.45) is 0 Å². The maximum absolute atomic E-state index is 11.6. The molecular formula is C10H16N4O2. The molecule has 6 nitrogen and oxygen atoms in total. The highest BCUT2D eigenvalue weighted by molar-refractivity contribution is 5.96. The van der Waals surface area contributed by atoms with Crippen LogP contribution in [-0.2, 0) is 0 Å². The Morgan fingerprint density at radius 2 is 2.25 bits per heavy atom. The van der Waals surface area contributed by atoms with Gasteiger partial charge in [-0.25, -0.2) is 9.97 Å². The molecule has 88 valence electrons. The molecular weight excluding hydrogens is 208 g/mol. The molecule has 1 atom stereocenters. The Morgan fingerprint density at radius 1 is 1.56 bits per heavy atom. The lowest BCUT2D eigenvalue weighted by atomic mass is 10.2. The summed E-state index contributed by atoms with van der Waals surface area (Å²) in [6.45, 7) is 2.27. The number of nitrogens with zero attached hydrogens (tertiary/aromatic N) is 2. The summed E-state index contributed by atoms with van der Waals surface area (Å²) >= 11 is 0. The number of nitrogen functional groups attached to an aromatic ring is 1. The normalized spacial score (nSPS) is 12.1. The smallest absolute Gasteiger partial charge is 0.273 e. The van der Waals surface area contributed by atoms with Crippen LogP contribution in [0, 0.1) is 0 Å². The van der Waals surface area contributed by atoms with Gasteiger partial charge in [-0.2, -0.15) is 0 Å². The van der Waals surface area contributed by atoms with Gasteiger partial charge in [0.15, 0.2) is 11.5 Å². The van der Waals surface area contributed by atoms with E-state index in [-0.39, 0.29) is 23.5 Å². The van der Waals surface area contributed by atoms with E-state index >= 15 is 0 Å². The van der Waals surface area contributed by atoms with E-state index in [0.29, 0.717) is 19.4 Å². The van der Waals surface area contributed by atoms with Crippen LogP contribution in [0.4, 0.5) is 5.82 Å². The van der Waals surface area contributed by atoms with Crippen LogP contribution in [0.15, 0.2) is 12.4 Å². The van der Waals surface area contributed by atoms with Crippen molar-refractivity contribution in [3.63, 3.8) is 0 Å². The van der Waals surface area contributed by atoms with Gasteiger partial charge in [0.2, 0.25) is 0 Å². The number of carbonyl (C=O) groups is 1. The number of aliphatic hydroxyl groups is 1. The zero-order valence-corrected chi connectivity index (χ0v) is 9.18. The number of rotatable bonds is 5. The lowest BCUT2D eigenvalue weighted by molar-refractivity contribution is 0.0937. The molecule has 1 unspecified atom stereocenters. The second-order valence-corrected chi connectivity index (χ2v) is 3.40. The van der Waals surface area contributed by atoms with Crippen LogP contribution in [0.25, 0.3) is 0 Å². The molecule has 0 fully saturated rings. The van der Waals surface area contributed by atoms with Gasteiger partial charge in [-0.15, -0.1) is 0 Å². The molecule has 0 aromatic carbocycles. The van der Waals surface area contributed by atoms with Crippen LogP contribution in [0.2, 0.25) is 0 Å². The van der Waals surface area contributed by atoms with E-state index in [1.54, 1.807) is 0 Å². The first-order valence-electron chi connectivity index (χ1n) is 5.18. The molecule has 0 bridgehead atoms. The standard InChI is InChI=1S/C10H16N4O2/c1-2-7(15)3-4-14-10(16)8-9(11)13-6-5-12-8/h5-7,15H,2-4H2,1H3,(H2,11,13)(H,14,16). The molecule has 0 saturated heterocycles. The summed E-state index contributed by atoms with van der Waals surface area (Å²) in [7, 11) is 0. The number of nitrogens with two attached hydrogens (primary N) is 1. The van der Waals surface area contributed by atoms with Gasteiger partial charge in [-0.05, 0) is 12.8 Å². The molecule has 0 aliphatic heterocycles. The summed E-state index contributed by atoms with van der Waals surface area (Å²) in [4.78, 5) is 19.2. The third-order valence-corrected chi connectivity index (χ3v) is 2.18. The van der Waals surface area contributed by atoms with Crippen molar-refractivity contribution in [2.75, 3.05) is 12.3 Å². The largest absolute Gasteiger partial charge is 0.393 e. The first kappa shape index (κ1) is 12.4. The van der Waals surface area contributed by atoms with E-state index in [2.05, 4.69) is 15.3 Å². The zero-order valence-electron chi connectivity index (χ0n) is 9.18. The molecule has 1 amide bonds. The van der Waals surface area contributed by atoms with Crippen LogP contribution in [0.1, 0.15) is 30.3 Å². The van der Waals surface area contributed by atoms with E-state index in [1.807, 2.05) is 6.92 Å². The SMILES string of the molecule is CCC(O)CCNC(=O)c1nccnc1N. The highest BCUT2D eigenvalue weighted by Gasteiger charge is 2.11. The minimum atomic E-state index is -0.389. The van der Waals surface area contributed by atoms with Gasteiger partial charge in [0.05, 0.1) is 6.10 Å².